The van der Waals surface area contributed by atoms with E-state index < -0.39 is 0 Å². The third kappa shape index (κ3) is 3.59. The second-order valence-corrected chi connectivity index (χ2v) is 1.74. The van der Waals surface area contributed by atoms with E-state index in [0.717, 1.165) is 6.42 Å². The normalized spacial score (nSPS) is 14.2. The third-order valence-electron chi connectivity index (χ3n) is 0.846. The number of hydrogen-bond donors (Lipinski definition) is 0. The Morgan fingerprint density at radius 1 is 1.75 bits per heavy atom. The Hall–Kier alpha value is -0.590. The molecule has 8 heavy (non-hydrogen) atoms. The van der Waals surface area contributed by atoms with Crippen molar-refractivity contribution in [2.75, 3.05) is 0 Å². The van der Waals surface area contributed by atoms with Gasteiger partial charge in [0.05, 0.1) is 0 Å². The highest BCUT2D eigenvalue weighted by atomic mass is 16.1. The summed E-state index contributed by atoms with van der Waals surface area (Å²) in [4.78, 5) is 9.83. The first kappa shape index (κ1) is 7.41. The summed E-state index contributed by atoms with van der Waals surface area (Å²) in [5.41, 5.74) is 0. The van der Waals surface area contributed by atoms with Crippen LogP contribution in [0.25, 0.3) is 0 Å². The predicted molar refractivity (Wildman–Crippen MR) is 34.3 cm³/mol. The van der Waals surface area contributed by atoms with Crippen LogP contribution in [-0.2, 0) is 4.79 Å². The van der Waals surface area contributed by atoms with Gasteiger partial charge in [-0.3, -0.25) is 4.79 Å². The van der Waals surface area contributed by atoms with E-state index in [2.05, 4.69) is 0 Å². The first-order valence-electron chi connectivity index (χ1n) is 2.85. The van der Waals surface area contributed by atoms with Gasteiger partial charge in [0.1, 0.15) is 0 Å². The Labute approximate surface area is 50.4 Å². The molecule has 0 aromatic rings. The fraction of sp³-hybridized carbons (Fsp3) is 0.571. The van der Waals surface area contributed by atoms with Gasteiger partial charge in [0.25, 0.3) is 0 Å². The second-order valence-electron chi connectivity index (χ2n) is 1.74. The third-order valence-corrected chi connectivity index (χ3v) is 0.846. The Bertz CT molecular complexity index is 84.4. The molecule has 1 nitrogen and oxygen atoms in total. The van der Waals surface area contributed by atoms with Gasteiger partial charge in [0, 0.05) is 5.92 Å². The summed E-state index contributed by atoms with van der Waals surface area (Å²) in [5, 5.41) is 0. The van der Waals surface area contributed by atoms with Crippen molar-refractivity contribution < 1.29 is 4.79 Å². The maximum absolute atomic E-state index is 9.83. The van der Waals surface area contributed by atoms with Gasteiger partial charge in [-0.2, -0.15) is 0 Å². The molecule has 0 spiro atoms. The lowest BCUT2D eigenvalue weighted by molar-refractivity contribution is 0.543. The molecule has 0 fully saturated rings. The zero-order valence-electron chi connectivity index (χ0n) is 5.35. The summed E-state index contributed by atoms with van der Waals surface area (Å²) in [6.45, 7) is 3.85. The van der Waals surface area contributed by atoms with Crippen LogP contribution in [0.1, 0.15) is 20.3 Å². The Balaban J connectivity index is 3.35. The summed E-state index contributed by atoms with van der Waals surface area (Å²) >= 11 is 0. The van der Waals surface area contributed by atoms with Gasteiger partial charge in [-0.15, -0.1) is 0 Å². The van der Waals surface area contributed by atoms with Crippen LogP contribution in [0.15, 0.2) is 12.2 Å². The molecule has 0 aliphatic rings. The lowest BCUT2D eigenvalue weighted by Crippen LogP contribution is -1.87. The van der Waals surface area contributed by atoms with E-state index in [-0.39, 0.29) is 5.92 Å². The van der Waals surface area contributed by atoms with Crippen LogP contribution >= 0.6 is 0 Å². The molecule has 1 heteroatoms. The molecule has 0 saturated heterocycles. The maximum Gasteiger partial charge on any atom is 0.205 e. The van der Waals surface area contributed by atoms with Crippen molar-refractivity contribution in [3.8, 4) is 0 Å². The van der Waals surface area contributed by atoms with E-state index in [4.69, 9.17) is 0 Å². The SMILES string of the molecule is CC/C=C/C(C)[C]=O. The molecule has 0 rings (SSSR count). The Morgan fingerprint density at radius 3 is 2.75 bits per heavy atom. The molecule has 0 aliphatic carbocycles. The lowest BCUT2D eigenvalue weighted by atomic mass is 10.2. The monoisotopic (exact) mass is 111 g/mol. The van der Waals surface area contributed by atoms with Crippen molar-refractivity contribution in [1.29, 1.82) is 0 Å². The molecule has 1 unspecified atom stereocenters. The maximum atomic E-state index is 9.83. The number of hydrogen-bond acceptors (Lipinski definition) is 1. The van der Waals surface area contributed by atoms with Gasteiger partial charge in [-0.1, -0.05) is 26.0 Å². The van der Waals surface area contributed by atoms with E-state index in [1.165, 1.54) is 0 Å². The average Bonchev–Trinajstić information content (AvgIpc) is 1.83. The average molecular weight is 111 g/mol. The number of allylic oxidation sites excluding steroid dienone is 2. The minimum Gasteiger partial charge on any atom is -0.290 e. The van der Waals surface area contributed by atoms with E-state index in [0.29, 0.717) is 0 Å². The summed E-state index contributed by atoms with van der Waals surface area (Å²) in [6, 6.07) is 0. The zero-order chi connectivity index (χ0) is 6.41. The van der Waals surface area contributed by atoms with Crippen LogP contribution in [0, 0.1) is 5.92 Å². The predicted octanol–water partition coefficient (Wildman–Crippen LogP) is 1.70. The van der Waals surface area contributed by atoms with Crippen LogP contribution in [0.5, 0.6) is 0 Å². The number of carbonyl (C=O) groups excluding carboxylic acids is 1. The minimum absolute atomic E-state index is 0.0325. The van der Waals surface area contributed by atoms with Crippen molar-refractivity contribution in [3.63, 3.8) is 0 Å². The van der Waals surface area contributed by atoms with E-state index in [9.17, 15) is 4.79 Å². The summed E-state index contributed by atoms with van der Waals surface area (Å²) < 4.78 is 0. The summed E-state index contributed by atoms with van der Waals surface area (Å²) in [5.74, 6) is -0.0325. The van der Waals surface area contributed by atoms with Crippen molar-refractivity contribution in [1.82, 2.24) is 0 Å². The molecule has 0 bridgehead atoms. The molecule has 0 aliphatic heterocycles. The molecule has 0 saturated carbocycles. The Kier molecular flexibility index (Phi) is 4.23. The lowest BCUT2D eigenvalue weighted by Gasteiger charge is -1.86. The standard InChI is InChI=1S/C7H11O/c1-3-4-5-7(2)6-8/h4-5,7H,3H2,1-2H3/b5-4+. The Morgan fingerprint density at radius 2 is 2.38 bits per heavy atom. The molecule has 45 valence electrons. The van der Waals surface area contributed by atoms with Gasteiger partial charge in [-0.05, 0) is 6.42 Å². The fourth-order valence-corrected chi connectivity index (χ4v) is 0.379. The highest BCUT2D eigenvalue weighted by molar-refractivity contribution is 5.56. The van der Waals surface area contributed by atoms with Gasteiger partial charge in [-0.25, -0.2) is 0 Å². The van der Waals surface area contributed by atoms with Crippen LogP contribution in [0.4, 0.5) is 0 Å². The first-order valence-corrected chi connectivity index (χ1v) is 2.85. The van der Waals surface area contributed by atoms with Crippen LogP contribution in [-0.4, -0.2) is 6.29 Å². The van der Waals surface area contributed by atoms with Crippen LogP contribution < -0.4 is 0 Å². The zero-order valence-corrected chi connectivity index (χ0v) is 5.35. The highest BCUT2D eigenvalue weighted by Gasteiger charge is 1.89. The second kappa shape index (κ2) is 4.57. The van der Waals surface area contributed by atoms with Crippen LogP contribution in [0.2, 0.25) is 0 Å². The van der Waals surface area contributed by atoms with E-state index in [1.807, 2.05) is 32.3 Å². The molecule has 1 radical (unpaired) electrons. The van der Waals surface area contributed by atoms with Gasteiger partial charge >= 0.3 is 0 Å². The fourth-order valence-electron chi connectivity index (χ4n) is 0.379. The molecule has 0 amide bonds. The highest BCUT2D eigenvalue weighted by Crippen LogP contribution is 1.91. The summed E-state index contributed by atoms with van der Waals surface area (Å²) in [7, 11) is 0. The van der Waals surface area contributed by atoms with Crippen molar-refractivity contribution in [3.05, 3.63) is 12.2 Å². The molecule has 0 heterocycles. The smallest absolute Gasteiger partial charge is 0.205 e. The van der Waals surface area contributed by atoms with Crippen molar-refractivity contribution >= 4 is 6.29 Å². The van der Waals surface area contributed by atoms with Gasteiger partial charge < -0.3 is 0 Å². The van der Waals surface area contributed by atoms with Crippen LogP contribution in [0.3, 0.4) is 0 Å². The van der Waals surface area contributed by atoms with Crippen molar-refractivity contribution in [2.24, 2.45) is 5.92 Å². The molecular weight excluding hydrogens is 100 g/mol. The largest absolute Gasteiger partial charge is 0.290 e. The quantitative estimate of drug-likeness (QED) is 0.506. The minimum atomic E-state index is -0.0325. The topological polar surface area (TPSA) is 17.1 Å². The summed E-state index contributed by atoms with van der Waals surface area (Å²) in [6.07, 6.45) is 6.68. The van der Waals surface area contributed by atoms with E-state index in [1.54, 1.807) is 0 Å². The number of rotatable bonds is 3. The van der Waals surface area contributed by atoms with Gasteiger partial charge in [0.2, 0.25) is 6.29 Å². The van der Waals surface area contributed by atoms with Gasteiger partial charge in [0.15, 0.2) is 0 Å². The molecule has 1 atom stereocenters. The van der Waals surface area contributed by atoms with E-state index >= 15 is 0 Å². The first-order chi connectivity index (χ1) is 3.81. The molecule has 0 N–H and O–H groups in total. The van der Waals surface area contributed by atoms with Crippen molar-refractivity contribution in [2.45, 2.75) is 20.3 Å². The molecule has 0 aromatic carbocycles. The molecular formula is C7H11O. The molecule has 0 aromatic heterocycles.